The highest BCUT2D eigenvalue weighted by Gasteiger charge is 2.39. The lowest BCUT2D eigenvalue weighted by atomic mass is 10.2. The number of hydrogen-bond acceptors (Lipinski definition) is 3. The second-order valence-electron chi connectivity index (χ2n) is 5.16. The average molecular weight is 296 g/mol. The molecule has 1 aliphatic rings. The van der Waals surface area contributed by atoms with Gasteiger partial charge in [-0.25, -0.2) is 14.0 Å². The van der Waals surface area contributed by atoms with E-state index in [1.54, 1.807) is 12.1 Å². The Bertz CT molecular complexity index is 534. The number of carbonyl (C=O) groups excluding carboxylic acids is 1. The summed E-state index contributed by atoms with van der Waals surface area (Å²) in [5.41, 5.74) is 0.735. The summed E-state index contributed by atoms with van der Waals surface area (Å²) in [6.45, 7) is 0.238. The number of nitrogens with zero attached hydrogens (tertiary/aromatic N) is 2. The van der Waals surface area contributed by atoms with Gasteiger partial charge in [-0.05, 0) is 17.7 Å². The van der Waals surface area contributed by atoms with Crippen LogP contribution >= 0.6 is 0 Å². The Morgan fingerprint density at radius 1 is 1.38 bits per heavy atom. The van der Waals surface area contributed by atoms with E-state index in [4.69, 9.17) is 5.11 Å². The van der Waals surface area contributed by atoms with Crippen LogP contribution in [0, 0.1) is 5.82 Å². The van der Waals surface area contributed by atoms with Crippen LogP contribution in [0.25, 0.3) is 0 Å². The van der Waals surface area contributed by atoms with E-state index in [-0.39, 0.29) is 25.3 Å². The van der Waals surface area contributed by atoms with Crippen LogP contribution in [0.1, 0.15) is 12.0 Å². The number of urea groups is 1. The molecular weight excluding hydrogens is 279 g/mol. The Labute approximate surface area is 121 Å². The molecule has 2 amide bonds. The van der Waals surface area contributed by atoms with Crippen molar-refractivity contribution in [2.24, 2.45) is 0 Å². The van der Waals surface area contributed by atoms with Gasteiger partial charge in [-0.1, -0.05) is 12.1 Å². The molecule has 2 rings (SSSR count). The third-order valence-corrected chi connectivity index (χ3v) is 3.47. The summed E-state index contributed by atoms with van der Waals surface area (Å²) in [6.07, 6.45) is -0.792. The van der Waals surface area contributed by atoms with Gasteiger partial charge in [0.15, 0.2) is 0 Å². The van der Waals surface area contributed by atoms with Gasteiger partial charge >= 0.3 is 12.0 Å². The number of amides is 2. The highest BCUT2D eigenvalue weighted by atomic mass is 19.1. The van der Waals surface area contributed by atoms with Gasteiger partial charge in [0.25, 0.3) is 0 Å². The maximum atomic E-state index is 12.8. The predicted octanol–water partition coefficient (Wildman–Crippen LogP) is 0.897. The van der Waals surface area contributed by atoms with Gasteiger partial charge in [0.2, 0.25) is 0 Å². The number of β-amino-alcohol motifs (C(OH)–C–C–N with tert-alkyl or cyclic N) is 1. The molecule has 1 aromatic carbocycles. The van der Waals surface area contributed by atoms with Crippen molar-refractivity contribution in [1.82, 2.24) is 9.80 Å². The molecule has 0 spiro atoms. The molecule has 0 aliphatic carbocycles. The zero-order valence-corrected chi connectivity index (χ0v) is 11.6. The van der Waals surface area contributed by atoms with Crippen LogP contribution in [0.4, 0.5) is 9.18 Å². The van der Waals surface area contributed by atoms with E-state index in [2.05, 4.69) is 0 Å². The number of likely N-dealkylation sites (tertiary alicyclic amines) is 1. The predicted molar refractivity (Wildman–Crippen MR) is 72.0 cm³/mol. The maximum Gasteiger partial charge on any atom is 0.326 e. The van der Waals surface area contributed by atoms with Gasteiger partial charge in [0, 0.05) is 26.6 Å². The van der Waals surface area contributed by atoms with Crippen LogP contribution in [0.2, 0.25) is 0 Å². The normalized spacial score (nSPS) is 21.4. The molecule has 0 unspecified atom stereocenters. The van der Waals surface area contributed by atoms with E-state index < -0.39 is 24.1 Å². The van der Waals surface area contributed by atoms with E-state index in [0.717, 1.165) is 10.5 Å². The first-order valence-corrected chi connectivity index (χ1v) is 6.55. The molecule has 2 atom stereocenters. The second-order valence-corrected chi connectivity index (χ2v) is 5.16. The number of benzene rings is 1. The van der Waals surface area contributed by atoms with Crippen molar-refractivity contribution < 1.29 is 24.2 Å². The summed E-state index contributed by atoms with van der Waals surface area (Å²) in [4.78, 5) is 25.9. The lowest BCUT2D eigenvalue weighted by Crippen LogP contribution is -2.46. The van der Waals surface area contributed by atoms with E-state index in [9.17, 15) is 19.1 Å². The Morgan fingerprint density at radius 2 is 2.00 bits per heavy atom. The Hall–Kier alpha value is -2.15. The number of carbonyl (C=O) groups is 2. The van der Waals surface area contributed by atoms with Gasteiger partial charge in [-0.3, -0.25) is 0 Å². The molecule has 0 saturated carbocycles. The second kappa shape index (κ2) is 6.09. The summed E-state index contributed by atoms with van der Waals surface area (Å²) < 4.78 is 12.8. The van der Waals surface area contributed by atoms with Crippen LogP contribution in [0.3, 0.4) is 0 Å². The van der Waals surface area contributed by atoms with Gasteiger partial charge < -0.3 is 20.0 Å². The molecule has 114 valence electrons. The molecule has 1 heterocycles. The topological polar surface area (TPSA) is 81.1 Å². The van der Waals surface area contributed by atoms with Crippen molar-refractivity contribution in [2.75, 3.05) is 13.6 Å². The number of aliphatic carboxylic acids is 1. The van der Waals surface area contributed by atoms with E-state index in [1.807, 2.05) is 0 Å². The molecule has 1 aliphatic heterocycles. The van der Waals surface area contributed by atoms with E-state index in [1.165, 1.54) is 24.1 Å². The van der Waals surface area contributed by atoms with Crippen LogP contribution < -0.4 is 0 Å². The van der Waals surface area contributed by atoms with E-state index >= 15 is 0 Å². The van der Waals surface area contributed by atoms with Crippen molar-refractivity contribution in [3.05, 3.63) is 35.6 Å². The zero-order valence-electron chi connectivity index (χ0n) is 11.6. The quantitative estimate of drug-likeness (QED) is 0.868. The van der Waals surface area contributed by atoms with Crippen molar-refractivity contribution in [3.63, 3.8) is 0 Å². The molecular formula is C14H17FN2O4. The van der Waals surface area contributed by atoms with Crippen LogP contribution in [0.15, 0.2) is 24.3 Å². The van der Waals surface area contributed by atoms with Gasteiger partial charge in [0.05, 0.1) is 6.10 Å². The van der Waals surface area contributed by atoms with Crippen LogP contribution in [0.5, 0.6) is 0 Å². The van der Waals surface area contributed by atoms with Crippen molar-refractivity contribution in [2.45, 2.75) is 25.1 Å². The Kier molecular flexibility index (Phi) is 4.42. The first-order valence-electron chi connectivity index (χ1n) is 6.55. The zero-order chi connectivity index (χ0) is 15.6. The third kappa shape index (κ3) is 3.49. The monoisotopic (exact) mass is 296 g/mol. The molecule has 1 fully saturated rings. The largest absolute Gasteiger partial charge is 0.480 e. The fourth-order valence-electron chi connectivity index (χ4n) is 2.41. The van der Waals surface area contributed by atoms with Crippen molar-refractivity contribution in [1.29, 1.82) is 0 Å². The smallest absolute Gasteiger partial charge is 0.326 e. The third-order valence-electron chi connectivity index (χ3n) is 3.47. The average Bonchev–Trinajstić information content (AvgIpc) is 2.82. The highest BCUT2D eigenvalue weighted by Crippen LogP contribution is 2.20. The molecule has 2 N–H and O–H groups in total. The van der Waals surface area contributed by atoms with E-state index in [0.29, 0.717) is 0 Å². The molecule has 0 radical (unpaired) electrons. The van der Waals surface area contributed by atoms with Crippen LogP contribution in [-0.2, 0) is 11.3 Å². The number of halogens is 1. The minimum Gasteiger partial charge on any atom is -0.480 e. The number of rotatable bonds is 3. The van der Waals surface area contributed by atoms with Gasteiger partial charge in [-0.15, -0.1) is 0 Å². The first kappa shape index (κ1) is 15.2. The number of carboxylic acid groups (broad SMARTS) is 1. The minimum atomic E-state index is -1.13. The fraction of sp³-hybridized carbons (Fsp3) is 0.429. The molecule has 0 bridgehead atoms. The summed E-state index contributed by atoms with van der Waals surface area (Å²) >= 11 is 0. The van der Waals surface area contributed by atoms with Crippen molar-refractivity contribution >= 4 is 12.0 Å². The number of hydrogen-bond donors (Lipinski definition) is 2. The van der Waals surface area contributed by atoms with Gasteiger partial charge in [0.1, 0.15) is 11.9 Å². The maximum absolute atomic E-state index is 12.8. The summed E-state index contributed by atoms with van der Waals surface area (Å²) in [6, 6.07) is 4.24. The molecule has 0 aromatic heterocycles. The fourth-order valence-corrected chi connectivity index (χ4v) is 2.41. The molecule has 1 saturated heterocycles. The lowest BCUT2D eigenvalue weighted by Gasteiger charge is -2.27. The highest BCUT2D eigenvalue weighted by molar-refractivity contribution is 5.83. The van der Waals surface area contributed by atoms with Crippen molar-refractivity contribution in [3.8, 4) is 0 Å². The minimum absolute atomic E-state index is 0.00353. The van der Waals surface area contributed by atoms with Gasteiger partial charge in [-0.2, -0.15) is 0 Å². The molecule has 6 nitrogen and oxygen atoms in total. The Morgan fingerprint density at radius 3 is 2.57 bits per heavy atom. The molecule has 1 aromatic rings. The number of aliphatic hydroxyl groups is 1. The first-order chi connectivity index (χ1) is 9.88. The Balaban J connectivity index is 2.04. The van der Waals surface area contributed by atoms with Crippen LogP contribution in [-0.4, -0.2) is 57.8 Å². The summed E-state index contributed by atoms with van der Waals surface area (Å²) in [5.74, 6) is -1.49. The lowest BCUT2D eigenvalue weighted by molar-refractivity contribution is -0.141. The summed E-state index contributed by atoms with van der Waals surface area (Å²) in [7, 11) is 1.54. The standard InChI is InChI=1S/C14H17FN2O4/c1-16(7-9-2-4-10(15)5-3-9)14(21)17-8-11(18)6-12(17)13(19)20/h2-5,11-12,18H,6-8H2,1H3,(H,19,20)/t11-,12+/m1/s1. The summed E-state index contributed by atoms with van der Waals surface area (Å²) in [5, 5.41) is 18.6. The molecule has 7 heteroatoms. The SMILES string of the molecule is CN(Cc1ccc(F)cc1)C(=O)N1C[C@H](O)C[C@H]1C(=O)O. The molecule has 21 heavy (non-hydrogen) atoms. The number of carboxylic acids is 1. The number of aliphatic hydroxyl groups excluding tert-OH is 1.